The third-order valence-electron chi connectivity index (χ3n) is 3.32. The summed E-state index contributed by atoms with van der Waals surface area (Å²) < 4.78 is 0. The fourth-order valence-electron chi connectivity index (χ4n) is 2.13. The lowest BCUT2D eigenvalue weighted by atomic mass is 9.85. The van der Waals surface area contributed by atoms with Crippen LogP contribution >= 0.6 is 0 Å². The van der Waals surface area contributed by atoms with Crippen molar-refractivity contribution in [2.75, 3.05) is 27.2 Å². The molecule has 0 aliphatic carbocycles. The lowest BCUT2D eigenvalue weighted by molar-refractivity contribution is -0.121. The molecule has 3 heteroatoms. The van der Waals surface area contributed by atoms with Gasteiger partial charge in [-0.2, -0.15) is 0 Å². The van der Waals surface area contributed by atoms with Gasteiger partial charge in [-0.15, -0.1) is 0 Å². The second-order valence-corrected chi connectivity index (χ2v) is 5.62. The summed E-state index contributed by atoms with van der Waals surface area (Å²) in [7, 11) is 4.01. The Morgan fingerprint density at radius 1 is 1.21 bits per heavy atom. The van der Waals surface area contributed by atoms with E-state index in [1.165, 1.54) is 5.56 Å². The molecular formula is C16H26N2O. The van der Waals surface area contributed by atoms with Gasteiger partial charge in [-0.25, -0.2) is 0 Å². The van der Waals surface area contributed by atoms with Crippen LogP contribution in [0.25, 0.3) is 0 Å². The number of carbonyl (C=O) groups is 1. The molecule has 0 saturated carbocycles. The van der Waals surface area contributed by atoms with E-state index in [9.17, 15) is 4.79 Å². The second kappa shape index (κ2) is 7.95. The van der Waals surface area contributed by atoms with Crippen molar-refractivity contribution >= 4 is 5.91 Å². The van der Waals surface area contributed by atoms with Crippen LogP contribution in [0, 0.1) is 5.92 Å². The van der Waals surface area contributed by atoms with Crippen molar-refractivity contribution < 1.29 is 4.79 Å². The molecule has 3 nitrogen and oxygen atoms in total. The van der Waals surface area contributed by atoms with Crippen molar-refractivity contribution in [3.63, 3.8) is 0 Å². The molecule has 0 saturated heterocycles. The van der Waals surface area contributed by atoms with Gasteiger partial charge in [0.2, 0.25) is 5.91 Å². The van der Waals surface area contributed by atoms with Crippen molar-refractivity contribution in [3.05, 3.63) is 35.9 Å². The van der Waals surface area contributed by atoms with E-state index < -0.39 is 0 Å². The summed E-state index contributed by atoms with van der Waals surface area (Å²) in [6.07, 6.45) is 0.565. The van der Waals surface area contributed by atoms with Gasteiger partial charge in [0.05, 0.1) is 0 Å². The van der Waals surface area contributed by atoms with Gasteiger partial charge in [0.1, 0.15) is 0 Å². The van der Waals surface area contributed by atoms with Crippen molar-refractivity contribution in [1.82, 2.24) is 10.2 Å². The Bertz CT molecular complexity index is 374. The molecule has 0 heterocycles. The van der Waals surface area contributed by atoms with E-state index in [2.05, 4.69) is 36.2 Å². The molecule has 1 aromatic rings. The molecule has 1 amide bonds. The van der Waals surface area contributed by atoms with Crippen LogP contribution in [0.2, 0.25) is 0 Å². The Morgan fingerprint density at radius 2 is 1.84 bits per heavy atom. The normalized spacial score (nSPS) is 12.7. The summed E-state index contributed by atoms with van der Waals surface area (Å²) in [5.74, 6) is 0.895. The number of rotatable bonds is 7. The zero-order chi connectivity index (χ0) is 14.3. The van der Waals surface area contributed by atoms with Crippen molar-refractivity contribution in [3.8, 4) is 0 Å². The smallest absolute Gasteiger partial charge is 0.220 e. The molecule has 0 aliphatic rings. The van der Waals surface area contributed by atoms with Crippen molar-refractivity contribution in [2.24, 2.45) is 5.92 Å². The van der Waals surface area contributed by atoms with Crippen LogP contribution < -0.4 is 5.32 Å². The fourth-order valence-corrected chi connectivity index (χ4v) is 2.13. The highest BCUT2D eigenvalue weighted by Gasteiger charge is 2.19. The van der Waals surface area contributed by atoms with Crippen LogP contribution in [0.1, 0.15) is 31.7 Å². The van der Waals surface area contributed by atoms with Gasteiger partial charge < -0.3 is 10.2 Å². The SMILES string of the molecule is CC(C)C(CC(=O)NCCN(C)C)c1ccccc1. The van der Waals surface area contributed by atoms with Gasteiger partial charge in [-0.1, -0.05) is 44.2 Å². The second-order valence-electron chi connectivity index (χ2n) is 5.62. The van der Waals surface area contributed by atoms with Crippen LogP contribution in [-0.4, -0.2) is 38.0 Å². The molecule has 106 valence electrons. The van der Waals surface area contributed by atoms with E-state index in [1.807, 2.05) is 32.3 Å². The minimum Gasteiger partial charge on any atom is -0.355 e. The van der Waals surface area contributed by atoms with Crippen LogP contribution in [-0.2, 0) is 4.79 Å². The lowest BCUT2D eigenvalue weighted by Crippen LogP contribution is -2.32. The maximum Gasteiger partial charge on any atom is 0.220 e. The molecule has 1 rings (SSSR count). The average molecular weight is 262 g/mol. The summed E-state index contributed by atoms with van der Waals surface area (Å²) in [5.41, 5.74) is 1.25. The number of amides is 1. The number of hydrogen-bond donors (Lipinski definition) is 1. The van der Waals surface area contributed by atoms with Crippen LogP contribution in [0.3, 0.4) is 0 Å². The Labute approximate surface area is 117 Å². The van der Waals surface area contributed by atoms with E-state index in [0.29, 0.717) is 24.8 Å². The van der Waals surface area contributed by atoms with Gasteiger partial charge in [0, 0.05) is 19.5 Å². The minimum atomic E-state index is 0.143. The maximum atomic E-state index is 12.0. The largest absolute Gasteiger partial charge is 0.355 e. The van der Waals surface area contributed by atoms with Crippen molar-refractivity contribution in [2.45, 2.75) is 26.2 Å². The number of hydrogen-bond acceptors (Lipinski definition) is 2. The first-order chi connectivity index (χ1) is 9.00. The van der Waals surface area contributed by atoms with E-state index in [1.54, 1.807) is 0 Å². The van der Waals surface area contributed by atoms with E-state index >= 15 is 0 Å². The Hall–Kier alpha value is -1.35. The molecule has 0 radical (unpaired) electrons. The van der Waals surface area contributed by atoms with E-state index in [-0.39, 0.29) is 5.91 Å². The van der Waals surface area contributed by atoms with Gasteiger partial charge in [-0.3, -0.25) is 4.79 Å². The zero-order valence-corrected chi connectivity index (χ0v) is 12.5. The molecule has 0 aliphatic heterocycles. The number of nitrogens with one attached hydrogen (secondary N) is 1. The average Bonchev–Trinajstić information content (AvgIpc) is 2.36. The molecule has 0 aromatic heterocycles. The predicted octanol–water partition coefficient (Wildman–Crippen LogP) is 2.49. The minimum absolute atomic E-state index is 0.143. The quantitative estimate of drug-likeness (QED) is 0.819. The molecule has 19 heavy (non-hydrogen) atoms. The molecule has 1 atom stereocenters. The zero-order valence-electron chi connectivity index (χ0n) is 12.5. The summed E-state index contributed by atoms with van der Waals surface area (Å²) in [6.45, 7) is 5.93. The third kappa shape index (κ3) is 5.88. The van der Waals surface area contributed by atoms with Gasteiger partial charge in [-0.05, 0) is 31.5 Å². The van der Waals surface area contributed by atoms with Crippen molar-refractivity contribution in [1.29, 1.82) is 0 Å². The summed E-state index contributed by atoms with van der Waals surface area (Å²) in [6, 6.07) is 10.3. The van der Waals surface area contributed by atoms with Crippen LogP contribution in [0.5, 0.6) is 0 Å². The molecule has 0 bridgehead atoms. The van der Waals surface area contributed by atoms with Crippen LogP contribution in [0.4, 0.5) is 0 Å². The van der Waals surface area contributed by atoms with Gasteiger partial charge >= 0.3 is 0 Å². The molecule has 1 unspecified atom stereocenters. The topological polar surface area (TPSA) is 32.3 Å². The molecule has 1 aromatic carbocycles. The monoisotopic (exact) mass is 262 g/mol. The number of benzene rings is 1. The van der Waals surface area contributed by atoms with Gasteiger partial charge in [0.25, 0.3) is 0 Å². The molecule has 0 spiro atoms. The Kier molecular flexibility index (Phi) is 6.57. The first-order valence-corrected chi connectivity index (χ1v) is 6.97. The fraction of sp³-hybridized carbons (Fsp3) is 0.562. The highest BCUT2D eigenvalue weighted by Crippen LogP contribution is 2.27. The molecule has 0 fully saturated rings. The highest BCUT2D eigenvalue weighted by molar-refractivity contribution is 5.76. The maximum absolute atomic E-state index is 12.0. The van der Waals surface area contributed by atoms with E-state index in [0.717, 1.165) is 6.54 Å². The molecule has 1 N–H and O–H groups in total. The molecular weight excluding hydrogens is 236 g/mol. The Morgan fingerprint density at radius 3 is 2.37 bits per heavy atom. The number of likely N-dealkylation sites (N-methyl/N-ethyl adjacent to an activating group) is 1. The predicted molar refractivity (Wildman–Crippen MR) is 80.2 cm³/mol. The first kappa shape index (κ1) is 15.7. The highest BCUT2D eigenvalue weighted by atomic mass is 16.1. The number of carbonyl (C=O) groups excluding carboxylic acids is 1. The van der Waals surface area contributed by atoms with E-state index in [4.69, 9.17) is 0 Å². The summed E-state index contributed by atoms with van der Waals surface area (Å²) in [5, 5.41) is 2.99. The van der Waals surface area contributed by atoms with Gasteiger partial charge in [0.15, 0.2) is 0 Å². The van der Waals surface area contributed by atoms with Crippen LogP contribution in [0.15, 0.2) is 30.3 Å². The standard InChI is InChI=1S/C16H26N2O/c1-13(2)15(14-8-6-5-7-9-14)12-16(19)17-10-11-18(3)4/h5-9,13,15H,10-12H2,1-4H3,(H,17,19). The Balaban J connectivity index is 2.53. The number of nitrogens with zero attached hydrogens (tertiary/aromatic N) is 1. The lowest BCUT2D eigenvalue weighted by Gasteiger charge is -2.21. The summed E-state index contributed by atoms with van der Waals surface area (Å²) in [4.78, 5) is 14.0. The first-order valence-electron chi connectivity index (χ1n) is 6.97. The third-order valence-corrected chi connectivity index (χ3v) is 3.32. The summed E-state index contributed by atoms with van der Waals surface area (Å²) >= 11 is 0.